The van der Waals surface area contributed by atoms with Gasteiger partial charge < -0.3 is 4.90 Å². The van der Waals surface area contributed by atoms with E-state index in [0.29, 0.717) is 0 Å². The molecular weight excluding hydrogens is 382 g/mol. The lowest BCUT2D eigenvalue weighted by Crippen LogP contribution is -2.37. The van der Waals surface area contributed by atoms with E-state index in [0.717, 1.165) is 41.9 Å². The second-order valence-corrected chi connectivity index (χ2v) is 9.46. The Morgan fingerprint density at radius 2 is 1.84 bits per heavy atom. The molecule has 0 aliphatic carbocycles. The molecule has 3 aromatic rings. The zero-order valence-corrected chi connectivity index (χ0v) is 19.1. The van der Waals surface area contributed by atoms with Gasteiger partial charge in [0.25, 0.3) is 0 Å². The first-order chi connectivity index (χ1) is 14.8. The van der Waals surface area contributed by atoms with Gasteiger partial charge in [0, 0.05) is 30.7 Å². The maximum atomic E-state index is 11.6. The van der Waals surface area contributed by atoms with Gasteiger partial charge in [0.05, 0.1) is 0 Å². The van der Waals surface area contributed by atoms with Crippen molar-refractivity contribution < 1.29 is 0 Å². The van der Waals surface area contributed by atoms with Gasteiger partial charge in [0.1, 0.15) is 6.04 Å². The number of nitroso groups, excluding NO2 is 1. The summed E-state index contributed by atoms with van der Waals surface area (Å²) in [5.74, 6) is 0. The van der Waals surface area contributed by atoms with Gasteiger partial charge in [-0.3, -0.25) is 4.98 Å². The lowest BCUT2D eigenvalue weighted by atomic mass is 9.75. The lowest BCUT2D eigenvalue weighted by molar-refractivity contribution is 0.452. The van der Waals surface area contributed by atoms with Gasteiger partial charge in [0.2, 0.25) is 0 Å². The summed E-state index contributed by atoms with van der Waals surface area (Å²) in [5.41, 5.74) is 9.37. The van der Waals surface area contributed by atoms with Gasteiger partial charge in [-0.2, -0.15) is 4.91 Å². The van der Waals surface area contributed by atoms with E-state index in [9.17, 15) is 4.91 Å². The monoisotopic (exact) mass is 413 g/mol. The molecule has 4 nitrogen and oxygen atoms in total. The van der Waals surface area contributed by atoms with Crippen molar-refractivity contribution >= 4 is 5.69 Å². The largest absolute Gasteiger partial charge is 0.367 e. The van der Waals surface area contributed by atoms with Gasteiger partial charge in [-0.25, -0.2) is 0 Å². The number of rotatable bonds is 5. The van der Waals surface area contributed by atoms with E-state index < -0.39 is 6.04 Å². The van der Waals surface area contributed by atoms with Crippen LogP contribution in [0.1, 0.15) is 61.2 Å². The minimum atomic E-state index is -0.406. The van der Waals surface area contributed by atoms with E-state index in [-0.39, 0.29) is 5.41 Å². The van der Waals surface area contributed by atoms with Crippen LogP contribution in [0, 0.1) is 18.8 Å². The zero-order chi connectivity index (χ0) is 22.2. The predicted octanol–water partition coefficient (Wildman–Crippen LogP) is 6.88. The predicted molar refractivity (Wildman–Crippen MR) is 128 cm³/mol. The van der Waals surface area contributed by atoms with Crippen LogP contribution in [-0.4, -0.2) is 11.5 Å². The molecule has 0 saturated carbocycles. The average molecular weight is 414 g/mol. The van der Waals surface area contributed by atoms with Crippen LogP contribution in [0.15, 0.2) is 59.9 Å². The third kappa shape index (κ3) is 4.25. The first-order valence-electron chi connectivity index (χ1n) is 11.0. The molecule has 4 heteroatoms. The molecular formula is C27H31N3O. The maximum absolute atomic E-state index is 11.6. The minimum Gasteiger partial charge on any atom is -0.367 e. The van der Waals surface area contributed by atoms with Crippen LogP contribution in [0.2, 0.25) is 0 Å². The molecule has 0 spiro atoms. The quantitative estimate of drug-likeness (QED) is 0.428. The smallest absolute Gasteiger partial charge is 0.115 e. The van der Waals surface area contributed by atoms with E-state index in [4.69, 9.17) is 0 Å². The third-order valence-corrected chi connectivity index (χ3v) is 6.55. The number of pyridine rings is 1. The van der Waals surface area contributed by atoms with Crippen molar-refractivity contribution in [2.24, 2.45) is 5.18 Å². The summed E-state index contributed by atoms with van der Waals surface area (Å²) >= 11 is 0. The van der Waals surface area contributed by atoms with Crippen molar-refractivity contribution in [1.29, 1.82) is 0 Å². The number of hydrogen-bond acceptors (Lipinski definition) is 4. The fourth-order valence-corrected chi connectivity index (χ4v) is 4.55. The van der Waals surface area contributed by atoms with E-state index in [1.165, 1.54) is 22.4 Å². The highest BCUT2D eigenvalue weighted by Gasteiger charge is 2.33. The summed E-state index contributed by atoms with van der Waals surface area (Å²) in [7, 11) is 0. The summed E-state index contributed by atoms with van der Waals surface area (Å²) in [5, 5.41) is 3.39. The van der Waals surface area contributed by atoms with Gasteiger partial charge >= 0.3 is 0 Å². The Hall–Kier alpha value is -3.01. The van der Waals surface area contributed by atoms with Gasteiger partial charge in [0.15, 0.2) is 0 Å². The summed E-state index contributed by atoms with van der Waals surface area (Å²) in [6, 6.07) is 16.9. The Kier molecular flexibility index (Phi) is 5.65. The maximum Gasteiger partial charge on any atom is 0.115 e. The van der Waals surface area contributed by atoms with E-state index in [1.54, 1.807) is 0 Å². The van der Waals surface area contributed by atoms with Crippen molar-refractivity contribution in [1.82, 2.24) is 4.98 Å². The molecule has 0 bridgehead atoms. The molecule has 0 saturated heterocycles. The molecule has 1 unspecified atom stereocenters. The second-order valence-electron chi connectivity index (χ2n) is 9.46. The lowest BCUT2D eigenvalue weighted by Gasteiger charge is -2.41. The minimum absolute atomic E-state index is 0.0653. The number of fused-ring (bicyclic) bond motifs is 1. The Morgan fingerprint density at radius 3 is 2.52 bits per heavy atom. The molecule has 0 fully saturated rings. The molecule has 1 atom stereocenters. The summed E-state index contributed by atoms with van der Waals surface area (Å²) < 4.78 is 0. The highest BCUT2D eigenvalue weighted by atomic mass is 16.3. The third-order valence-electron chi connectivity index (χ3n) is 6.55. The molecule has 1 aliphatic heterocycles. The van der Waals surface area contributed by atoms with Gasteiger partial charge in [-0.05, 0) is 84.7 Å². The standard InChI is InChI=1S/C27H31N3O/c1-18-6-8-22(9-7-18)24-15-25-26(16-23(24)20(3)29-31)30(13-11-27(25,4)5)17-21-10-12-28-19(2)14-21/h6-10,12,14-16,20H,11,13,17H2,1-5H3. The van der Waals surface area contributed by atoms with Crippen molar-refractivity contribution in [2.45, 2.75) is 59.0 Å². The number of benzene rings is 2. The number of aromatic nitrogens is 1. The Morgan fingerprint density at radius 1 is 1.10 bits per heavy atom. The molecule has 2 aromatic carbocycles. The first-order valence-corrected chi connectivity index (χ1v) is 11.0. The van der Waals surface area contributed by atoms with Crippen LogP contribution in [0.4, 0.5) is 5.69 Å². The summed E-state index contributed by atoms with van der Waals surface area (Å²) in [4.78, 5) is 18.4. The number of anilines is 1. The molecule has 31 heavy (non-hydrogen) atoms. The topological polar surface area (TPSA) is 45.6 Å². The van der Waals surface area contributed by atoms with Crippen LogP contribution < -0.4 is 4.90 Å². The molecule has 2 heterocycles. The highest BCUT2D eigenvalue weighted by Crippen LogP contribution is 2.45. The van der Waals surface area contributed by atoms with Crippen molar-refractivity contribution in [3.05, 3.63) is 87.6 Å². The van der Waals surface area contributed by atoms with Crippen LogP contribution in [0.25, 0.3) is 11.1 Å². The van der Waals surface area contributed by atoms with Crippen LogP contribution in [-0.2, 0) is 12.0 Å². The van der Waals surface area contributed by atoms with E-state index in [2.05, 4.69) is 84.4 Å². The zero-order valence-electron chi connectivity index (χ0n) is 19.1. The normalized spacial score (nSPS) is 16.0. The number of nitrogens with zero attached hydrogens (tertiary/aromatic N) is 3. The van der Waals surface area contributed by atoms with Crippen LogP contribution >= 0.6 is 0 Å². The fraction of sp³-hybridized carbons (Fsp3) is 0.370. The van der Waals surface area contributed by atoms with Gasteiger partial charge in [-0.1, -0.05) is 48.9 Å². The molecule has 160 valence electrons. The Bertz CT molecular complexity index is 1100. The summed E-state index contributed by atoms with van der Waals surface area (Å²) in [6.45, 7) is 12.5. The average Bonchev–Trinajstić information content (AvgIpc) is 2.75. The summed E-state index contributed by atoms with van der Waals surface area (Å²) in [6.07, 6.45) is 2.96. The molecule has 1 aromatic heterocycles. The Balaban J connectivity index is 1.86. The van der Waals surface area contributed by atoms with Crippen molar-refractivity contribution in [3.63, 3.8) is 0 Å². The SMILES string of the molecule is Cc1ccc(-c2cc3c(cc2C(C)N=O)N(Cc2ccnc(C)c2)CCC3(C)C)cc1. The fourth-order valence-electron chi connectivity index (χ4n) is 4.55. The molecule has 4 rings (SSSR count). The van der Waals surface area contributed by atoms with E-state index in [1.807, 2.05) is 20.0 Å². The van der Waals surface area contributed by atoms with Crippen LogP contribution in [0.5, 0.6) is 0 Å². The second kappa shape index (κ2) is 8.26. The highest BCUT2D eigenvalue weighted by molar-refractivity contribution is 5.75. The van der Waals surface area contributed by atoms with Crippen molar-refractivity contribution in [3.8, 4) is 11.1 Å². The van der Waals surface area contributed by atoms with Gasteiger partial charge in [-0.15, -0.1) is 0 Å². The van der Waals surface area contributed by atoms with Crippen LogP contribution in [0.3, 0.4) is 0 Å². The number of hydrogen-bond donors (Lipinski definition) is 0. The van der Waals surface area contributed by atoms with Crippen molar-refractivity contribution in [2.75, 3.05) is 11.4 Å². The number of aryl methyl sites for hydroxylation is 2. The van der Waals surface area contributed by atoms with E-state index >= 15 is 0 Å². The molecule has 0 N–H and O–H groups in total. The Labute approximate surface area is 185 Å². The molecule has 0 radical (unpaired) electrons. The molecule has 1 aliphatic rings. The molecule has 0 amide bonds. The first kappa shape index (κ1) is 21.2.